The maximum atomic E-state index is 12.3. The average molecular weight is 370 g/mol. The summed E-state index contributed by atoms with van der Waals surface area (Å²) >= 11 is 0. The van der Waals surface area contributed by atoms with E-state index in [4.69, 9.17) is 9.47 Å². The van der Waals surface area contributed by atoms with Gasteiger partial charge in [-0.3, -0.25) is 9.69 Å². The van der Waals surface area contributed by atoms with Gasteiger partial charge in [-0.15, -0.1) is 0 Å². The molecular formula is C20H26N4O3. The molecule has 1 fully saturated rings. The second-order valence-electron chi connectivity index (χ2n) is 6.34. The van der Waals surface area contributed by atoms with E-state index in [9.17, 15) is 4.79 Å². The topological polar surface area (TPSA) is 75.7 Å². The maximum Gasteiger partial charge on any atom is 0.253 e. The summed E-state index contributed by atoms with van der Waals surface area (Å²) in [5, 5.41) is 6.19. The first-order chi connectivity index (χ1) is 13.2. The molecule has 1 aliphatic heterocycles. The molecule has 27 heavy (non-hydrogen) atoms. The van der Waals surface area contributed by atoms with E-state index in [1.54, 1.807) is 19.4 Å². The lowest BCUT2D eigenvalue weighted by molar-refractivity contribution is 0.0398. The summed E-state index contributed by atoms with van der Waals surface area (Å²) in [5.74, 6) is 1.43. The molecule has 7 nitrogen and oxygen atoms in total. The number of carbonyl (C=O) groups excluding carboxylic acids is 1. The number of aromatic nitrogens is 1. The summed E-state index contributed by atoms with van der Waals surface area (Å²) in [6, 6.07) is 11.2. The third kappa shape index (κ3) is 5.94. The van der Waals surface area contributed by atoms with Crippen molar-refractivity contribution >= 4 is 11.7 Å². The minimum absolute atomic E-state index is 0.141. The first-order valence-electron chi connectivity index (χ1n) is 9.16. The van der Waals surface area contributed by atoms with E-state index >= 15 is 0 Å². The van der Waals surface area contributed by atoms with Crippen molar-refractivity contribution in [2.75, 3.05) is 51.8 Å². The molecule has 0 atom stereocenters. The summed E-state index contributed by atoms with van der Waals surface area (Å²) in [5.41, 5.74) is 1.56. The Morgan fingerprint density at radius 3 is 2.63 bits per heavy atom. The Labute approximate surface area is 159 Å². The molecule has 2 aromatic rings. The zero-order chi connectivity index (χ0) is 18.9. The lowest BCUT2D eigenvalue weighted by Crippen LogP contribution is -2.39. The van der Waals surface area contributed by atoms with Gasteiger partial charge in [-0.05, 0) is 29.8 Å². The van der Waals surface area contributed by atoms with Gasteiger partial charge in [0, 0.05) is 38.9 Å². The van der Waals surface area contributed by atoms with Crippen LogP contribution in [-0.4, -0.2) is 62.3 Å². The second-order valence-corrected chi connectivity index (χ2v) is 6.34. The van der Waals surface area contributed by atoms with Gasteiger partial charge >= 0.3 is 0 Å². The van der Waals surface area contributed by atoms with Crippen LogP contribution < -0.4 is 15.4 Å². The summed E-state index contributed by atoms with van der Waals surface area (Å²) < 4.78 is 10.5. The molecular weight excluding hydrogens is 344 g/mol. The standard InChI is InChI=1S/C20H26N4O3/c1-26-18-5-2-16(3-6-18)14-23-20(25)17-4-7-19(22-15-17)21-8-9-24-10-12-27-13-11-24/h2-7,15H,8-14H2,1H3,(H,21,22)(H,23,25). The number of nitrogens with one attached hydrogen (secondary N) is 2. The molecule has 2 N–H and O–H groups in total. The van der Waals surface area contributed by atoms with Crippen molar-refractivity contribution in [2.45, 2.75) is 6.54 Å². The van der Waals surface area contributed by atoms with E-state index in [0.29, 0.717) is 12.1 Å². The van der Waals surface area contributed by atoms with Crippen molar-refractivity contribution < 1.29 is 14.3 Å². The first kappa shape index (κ1) is 19.1. The molecule has 1 aromatic heterocycles. The van der Waals surface area contributed by atoms with Crippen LogP contribution in [0.25, 0.3) is 0 Å². The number of hydrogen-bond donors (Lipinski definition) is 2. The lowest BCUT2D eigenvalue weighted by atomic mass is 10.2. The second kappa shape index (κ2) is 9.89. The van der Waals surface area contributed by atoms with Gasteiger partial charge in [0.25, 0.3) is 5.91 Å². The van der Waals surface area contributed by atoms with Gasteiger partial charge in [-0.2, -0.15) is 0 Å². The molecule has 1 amide bonds. The predicted octanol–water partition coefficient (Wildman–Crippen LogP) is 1.76. The number of anilines is 1. The molecule has 0 unspecified atom stereocenters. The van der Waals surface area contributed by atoms with E-state index < -0.39 is 0 Å². The Balaban J connectivity index is 1.42. The fourth-order valence-corrected chi connectivity index (χ4v) is 2.83. The monoisotopic (exact) mass is 370 g/mol. The SMILES string of the molecule is COc1ccc(CNC(=O)c2ccc(NCCN3CCOCC3)nc2)cc1. The fourth-order valence-electron chi connectivity index (χ4n) is 2.83. The zero-order valence-electron chi connectivity index (χ0n) is 15.6. The highest BCUT2D eigenvalue weighted by molar-refractivity contribution is 5.94. The Morgan fingerprint density at radius 2 is 1.96 bits per heavy atom. The normalized spacial score (nSPS) is 14.6. The highest BCUT2D eigenvalue weighted by Gasteiger charge is 2.10. The fraction of sp³-hybridized carbons (Fsp3) is 0.400. The number of amides is 1. The number of pyridine rings is 1. The molecule has 144 valence electrons. The number of rotatable bonds is 8. The average Bonchev–Trinajstić information content (AvgIpc) is 2.73. The van der Waals surface area contributed by atoms with E-state index in [2.05, 4.69) is 20.5 Å². The molecule has 0 aliphatic carbocycles. The summed E-state index contributed by atoms with van der Waals surface area (Å²) in [6.07, 6.45) is 1.60. The van der Waals surface area contributed by atoms with Crippen LogP contribution in [0, 0.1) is 0 Å². The first-order valence-corrected chi connectivity index (χ1v) is 9.16. The number of morpholine rings is 1. The van der Waals surface area contributed by atoms with Crippen molar-refractivity contribution in [3.8, 4) is 5.75 Å². The molecule has 0 spiro atoms. The Hall–Kier alpha value is -2.64. The number of benzene rings is 1. The summed E-state index contributed by atoms with van der Waals surface area (Å²) in [6.45, 7) is 5.79. The van der Waals surface area contributed by atoms with Crippen LogP contribution in [0.5, 0.6) is 5.75 Å². The summed E-state index contributed by atoms with van der Waals surface area (Å²) in [7, 11) is 1.63. The van der Waals surface area contributed by atoms with Crippen molar-refractivity contribution in [3.05, 3.63) is 53.7 Å². The van der Waals surface area contributed by atoms with Gasteiger partial charge in [-0.25, -0.2) is 4.98 Å². The van der Waals surface area contributed by atoms with Crippen LogP contribution >= 0.6 is 0 Å². The van der Waals surface area contributed by atoms with E-state index in [1.165, 1.54) is 0 Å². The third-order valence-corrected chi connectivity index (χ3v) is 4.48. The van der Waals surface area contributed by atoms with Crippen LogP contribution in [0.15, 0.2) is 42.6 Å². The zero-order valence-corrected chi connectivity index (χ0v) is 15.6. The molecule has 2 heterocycles. The van der Waals surface area contributed by atoms with Crippen LogP contribution in [0.2, 0.25) is 0 Å². The highest BCUT2D eigenvalue weighted by Crippen LogP contribution is 2.11. The molecule has 0 radical (unpaired) electrons. The Kier molecular flexibility index (Phi) is 7.01. The minimum atomic E-state index is -0.141. The molecule has 0 bridgehead atoms. The Morgan fingerprint density at radius 1 is 1.19 bits per heavy atom. The predicted molar refractivity (Wildman–Crippen MR) is 104 cm³/mol. The molecule has 1 saturated heterocycles. The van der Waals surface area contributed by atoms with Gasteiger partial charge in [0.2, 0.25) is 0 Å². The number of ether oxygens (including phenoxy) is 2. The smallest absolute Gasteiger partial charge is 0.253 e. The molecule has 7 heteroatoms. The quantitative estimate of drug-likeness (QED) is 0.738. The molecule has 1 aromatic carbocycles. The van der Waals surface area contributed by atoms with Gasteiger partial charge < -0.3 is 20.1 Å². The molecule has 0 saturated carbocycles. The Bertz CT molecular complexity index is 713. The summed E-state index contributed by atoms with van der Waals surface area (Å²) in [4.78, 5) is 18.9. The van der Waals surface area contributed by atoms with Crippen molar-refractivity contribution in [1.29, 1.82) is 0 Å². The van der Waals surface area contributed by atoms with Gasteiger partial charge in [0.15, 0.2) is 0 Å². The largest absolute Gasteiger partial charge is 0.497 e. The minimum Gasteiger partial charge on any atom is -0.497 e. The van der Waals surface area contributed by atoms with Crippen LogP contribution in [0.3, 0.4) is 0 Å². The van der Waals surface area contributed by atoms with E-state index in [0.717, 1.165) is 56.5 Å². The van der Waals surface area contributed by atoms with Crippen LogP contribution in [-0.2, 0) is 11.3 Å². The molecule has 3 rings (SSSR count). The van der Waals surface area contributed by atoms with Crippen molar-refractivity contribution in [3.63, 3.8) is 0 Å². The van der Waals surface area contributed by atoms with Gasteiger partial charge in [0.05, 0.1) is 25.9 Å². The van der Waals surface area contributed by atoms with Gasteiger partial charge in [-0.1, -0.05) is 12.1 Å². The third-order valence-electron chi connectivity index (χ3n) is 4.48. The highest BCUT2D eigenvalue weighted by atomic mass is 16.5. The molecule has 1 aliphatic rings. The lowest BCUT2D eigenvalue weighted by Gasteiger charge is -2.26. The number of methoxy groups -OCH3 is 1. The van der Waals surface area contributed by atoms with Gasteiger partial charge in [0.1, 0.15) is 11.6 Å². The van der Waals surface area contributed by atoms with Crippen molar-refractivity contribution in [1.82, 2.24) is 15.2 Å². The maximum absolute atomic E-state index is 12.3. The van der Waals surface area contributed by atoms with Crippen LogP contribution in [0.1, 0.15) is 15.9 Å². The number of carbonyl (C=O) groups is 1. The van der Waals surface area contributed by atoms with E-state index in [1.807, 2.05) is 30.3 Å². The van der Waals surface area contributed by atoms with Crippen molar-refractivity contribution in [2.24, 2.45) is 0 Å². The van der Waals surface area contributed by atoms with Crippen LogP contribution in [0.4, 0.5) is 5.82 Å². The van der Waals surface area contributed by atoms with E-state index in [-0.39, 0.29) is 5.91 Å². The number of nitrogens with zero attached hydrogens (tertiary/aromatic N) is 2. The number of hydrogen-bond acceptors (Lipinski definition) is 6.